The Morgan fingerprint density at radius 3 is 2.46 bits per heavy atom. The lowest BCUT2D eigenvalue weighted by Gasteiger charge is -2.40. The zero-order chi connectivity index (χ0) is 26.5. The first-order valence-corrected chi connectivity index (χ1v) is 12.6. The molecule has 0 saturated carbocycles. The number of amides is 2. The van der Waals surface area contributed by atoms with Crippen molar-refractivity contribution in [2.75, 3.05) is 13.6 Å². The lowest BCUT2D eigenvalue weighted by atomic mass is 9.89. The van der Waals surface area contributed by atoms with Gasteiger partial charge in [0.25, 0.3) is 5.91 Å². The van der Waals surface area contributed by atoms with E-state index < -0.39 is 18.0 Å². The van der Waals surface area contributed by atoms with Crippen molar-refractivity contribution in [3.63, 3.8) is 0 Å². The number of H-pyrrole nitrogens is 1. The van der Waals surface area contributed by atoms with Crippen LogP contribution in [0.25, 0.3) is 11.3 Å². The molecule has 0 spiro atoms. The molecule has 5 rings (SSSR count). The minimum Gasteiger partial charge on any atom is -0.352 e. The Morgan fingerprint density at radius 2 is 1.81 bits per heavy atom. The molecule has 0 aliphatic carbocycles. The number of piperidine rings is 2. The molecule has 3 fully saturated rings. The van der Waals surface area contributed by atoms with Gasteiger partial charge in [0.1, 0.15) is 11.7 Å². The Balaban J connectivity index is 1.21. The van der Waals surface area contributed by atoms with Gasteiger partial charge in [-0.1, -0.05) is 0 Å². The molecule has 8 nitrogen and oxygen atoms in total. The number of hydrogen-bond donors (Lipinski definition) is 2. The van der Waals surface area contributed by atoms with Crippen LogP contribution in [0.15, 0.2) is 18.3 Å². The van der Waals surface area contributed by atoms with E-state index in [1.165, 1.54) is 18.0 Å². The van der Waals surface area contributed by atoms with E-state index in [1.807, 2.05) is 0 Å². The summed E-state index contributed by atoms with van der Waals surface area (Å²) in [5.74, 6) is -1.21. The number of fused-ring (bicyclic) bond motifs is 2. The van der Waals surface area contributed by atoms with Crippen LogP contribution in [0, 0.1) is 18.7 Å². The Labute approximate surface area is 211 Å². The van der Waals surface area contributed by atoms with Crippen LogP contribution in [0.3, 0.4) is 0 Å². The molecule has 3 aliphatic rings. The second-order valence-corrected chi connectivity index (χ2v) is 10.5. The summed E-state index contributed by atoms with van der Waals surface area (Å²) in [7, 11) is 1.44. The number of hydrogen-bond acceptors (Lipinski definition) is 5. The molecular formula is C25H30F4N6O2. The summed E-state index contributed by atoms with van der Waals surface area (Å²) in [6, 6.07) is 1.07. The van der Waals surface area contributed by atoms with E-state index in [2.05, 4.69) is 20.5 Å². The van der Waals surface area contributed by atoms with Crippen LogP contribution >= 0.6 is 0 Å². The number of aromatic nitrogens is 3. The predicted molar refractivity (Wildman–Crippen MR) is 126 cm³/mol. The average molecular weight is 523 g/mol. The summed E-state index contributed by atoms with van der Waals surface area (Å²) in [6.45, 7) is 1.89. The van der Waals surface area contributed by atoms with Gasteiger partial charge in [0, 0.05) is 41.8 Å². The molecule has 0 aromatic carbocycles. The first-order valence-electron chi connectivity index (χ1n) is 12.6. The number of aromatic amines is 1. The number of rotatable bonds is 4. The molecule has 3 aliphatic heterocycles. The summed E-state index contributed by atoms with van der Waals surface area (Å²) in [4.78, 5) is 33.4. The van der Waals surface area contributed by atoms with Crippen LogP contribution in [-0.2, 0) is 4.79 Å². The number of halogens is 4. The van der Waals surface area contributed by atoms with Gasteiger partial charge in [-0.2, -0.15) is 18.3 Å². The van der Waals surface area contributed by atoms with E-state index >= 15 is 0 Å². The largest absolute Gasteiger partial charge is 0.404 e. The minimum atomic E-state index is -4.27. The van der Waals surface area contributed by atoms with Crippen molar-refractivity contribution in [1.82, 2.24) is 30.3 Å². The number of pyridine rings is 1. The standard InChI is InChI=1S/C25H30F4N6O2/c1-13-7-18(19(26)11-30-13)20-10-21(33-32-20)24(37)35-16-4-5-17(35)9-14(8-16)23(36)31-15-3-6-22(25(27,28)29)34(2)12-15/h7,10-11,14-17,22H,3-6,8-9,12H2,1-2H3,(H,31,36)(H,32,33)/t14?,15-,16-,17+,22+/m0/s1. The second-order valence-electron chi connectivity index (χ2n) is 10.5. The number of carbonyl (C=O) groups is 2. The third-order valence-corrected chi connectivity index (χ3v) is 7.97. The summed E-state index contributed by atoms with van der Waals surface area (Å²) in [5.41, 5.74) is 1.47. The molecule has 3 saturated heterocycles. The van der Waals surface area contributed by atoms with Crippen molar-refractivity contribution in [3.05, 3.63) is 35.5 Å². The van der Waals surface area contributed by atoms with Crippen molar-refractivity contribution < 1.29 is 27.2 Å². The topological polar surface area (TPSA) is 94.2 Å². The van der Waals surface area contributed by atoms with Crippen LogP contribution < -0.4 is 5.32 Å². The molecule has 37 heavy (non-hydrogen) atoms. The van der Waals surface area contributed by atoms with Gasteiger partial charge in [-0.25, -0.2) is 4.39 Å². The maximum Gasteiger partial charge on any atom is 0.404 e. The summed E-state index contributed by atoms with van der Waals surface area (Å²) in [6.07, 6.45) is -0.359. The molecule has 2 bridgehead atoms. The number of nitrogens with one attached hydrogen (secondary N) is 2. The van der Waals surface area contributed by atoms with Crippen LogP contribution in [0.4, 0.5) is 17.6 Å². The highest BCUT2D eigenvalue weighted by Gasteiger charge is 2.47. The molecule has 200 valence electrons. The summed E-state index contributed by atoms with van der Waals surface area (Å²) < 4.78 is 53.6. The molecule has 1 unspecified atom stereocenters. The average Bonchev–Trinajstić information content (AvgIpc) is 3.42. The van der Waals surface area contributed by atoms with Gasteiger partial charge in [0.2, 0.25) is 5.91 Å². The fourth-order valence-corrected chi connectivity index (χ4v) is 6.17. The van der Waals surface area contributed by atoms with Gasteiger partial charge in [-0.3, -0.25) is 24.6 Å². The number of nitrogens with zero attached hydrogens (tertiary/aromatic N) is 4. The molecule has 2 aromatic rings. The Morgan fingerprint density at radius 1 is 1.11 bits per heavy atom. The van der Waals surface area contributed by atoms with E-state index in [4.69, 9.17) is 0 Å². The molecule has 12 heteroatoms. The van der Waals surface area contributed by atoms with E-state index in [0.29, 0.717) is 24.2 Å². The Kier molecular flexibility index (Phi) is 6.71. The number of likely N-dealkylation sites (tertiary alicyclic amines) is 1. The summed E-state index contributed by atoms with van der Waals surface area (Å²) >= 11 is 0. The van der Waals surface area contributed by atoms with E-state index in [-0.39, 0.29) is 66.5 Å². The molecule has 2 amide bonds. The van der Waals surface area contributed by atoms with Crippen LogP contribution in [0.2, 0.25) is 0 Å². The smallest absolute Gasteiger partial charge is 0.352 e. The normalized spacial score (nSPS) is 28.4. The highest BCUT2D eigenvalue weighted by atomic mass is 19.4. The lowest BCUT2D eigenvalue weighted by Crippen LogP contribution is -2.56. The highest BCUT2D eigenvalue weighted by molar-refractivity contribution is 5.94. The third-order valence-electron chi connectivity index (χ3n) is 7.97. The summed E-state index contributed by atoms with van der Waals surface area (Å²) in [5, 5.41) is 9.82. The van der Waals surface area contributed by atoms with Crippen LogP contribution in [-0.4, -0.2) is 80.7 Å². The molecule has 2 aromatic heterocycles. The highest BCUT2D eigenvalue weighted by Crippen LogP contribution is 2.40. The van der Waals surface area contributed by atoms with Crippen LogP contribution in [0.5, 0.6) is 0 Å². The number of alkyl halides is 3. The van der Waals surface area contributed by atoms with Gasteiger partial charge >= 0.3 is 6.18 Å². The fourth-order valence-electron chi connectivity index (χ4n) is 6.17. The zero-order valence-corrected chi connectivity index (χ0v) is 20.7. The Bertz CT molecular complexity index is 1170. The first kappa shape index (κ1) is 25.6. The van der Waals surface area contributed by atoms with E-state index in [1.54, 1.807) is 17.9 Å². The van der Waals surface area contributed by atoms with Crippen molar-refractivity contribution >= 4 is 11.8 Å². The van der Waals surface area contributed by atoms with E-state index in [0.717, 1.165) is 19.0 Å². The third kappa shape index (κ3) is 5.07. The zero-order valence-electron chi connectivity index (χ0n) is 20.7. The Hall–Kier alpha value is -3.02. The predicted octanol–water partition coefficient (Wildman–Crippen LogP) is 3.44. The van der Waals surface area contributed by atoms with Gasteiger partial charge in [0.15, 0.2) is 5.82 Å². The van der Waals surface area contributed by atoms with Gasteiger partial charge in [-0.15, -0.1) is 0 Å². The second kappa shape index (κ2) is 9.70. The SMILES string of the molecule is Cc1cc(-c2cc(C(=O)N3[C@@H]4CC[C@H]3CC(C(=O)N[C@H]3CC[C@H](C(F)(F)F)N(C)C3)C4)[nH]n2)c(F)cn1. The fraction of sp³-hybridized carbons (Fsp3) is 0.600. The van der Waals surface area contributed by atoms with Crippen LogP contribution in [0.1, 0.15) is 54.7 Å². The van der Waals surface area contributed by atoms with Crippen molar-refractivity contribution in [1.29, 1.82) is 0 Å². The monoisotopic (exact) mass is 522 g/mol. The minimum absolute atomic E-state index is 0.0434. The molecule has 2 N–H and O–H groups in total. The van der Waals surface area contributed by atoms with E-state index in [9.17, 15) is 27.2 Å². The lowest BCUT2D eigenvalue weighted by molar-refractivity contribution is -0.188. The maximum atomic E-state index is 14.2. The molecule has 5 heterocycles. The van der Waals surface area contributed by atoms with Gasteiger partial charge in [0.05, 0.1) is 11.9 Å². The van der Waals surface area contributed by atoms with Gasteiger partial charge in [-0.05, 0) is 64.6 Å². The number of carbonyl (C=O) groups excluding carboxylic acids is 2. The first-order chi connectivity index (χ1) is 17.5. The number of likely N-dealkylation sites (N-methyl/N-ethyl adjacent to an activating group) is 1. The van der Waals surface area contributed by atoms with Crippen molar-refractivity contribution in [3.8, 4) is 11.3 Å². The maximum absolute atomic E-state index is 14.2. The number of aryl methyl sites for hydroxylation is 1. The quantitative estimate of drug-likeness (QED) is 0.600. The molecule has 5 atom stereocenters. The van der Waals surface area contributed by atoms with Gasteiger partial charge < -0.3 is 10.2 Å². The molecule has 0 radical (unpaired) electrons. The van der Waals surface area contributed by atoms with Crippen molar-refractivity contribution in [2.24, 2.45) is 5.92 Å². The molecular weight excluding hydrogens is 492 g/mol. The van der Waals surface area contributed by atoms with Crippen molar-refractivity contribution in [2.45, 2.75) is 75.8 Å².